The molecule has 2 rings (SSSR count). The Morgan fingerprint density at radius 3 is 2.77 bits per heavy atom. The summed E-state index contributed by atoms with van der Waals surface area (Å²) >= 11 is 14.9. The van der Waals surface area contributed by atoms with Gasteiger partial charge in [0, 0.05) is 17.9 Å². The molecule has 22 heavy (non-hydrogen) atoms. The average molecular weight is 377 g/mol. The van der Waals surface area contributed by atoms with Gasteiger partial charge >= 0.3 is 0 Å². The first kappa shape index (κ1) is 17.3. The number of carbonyl (C=O) groups is 1. The van der Waals surface area contributed by atoms with Crippen LogP contribution in [-0.4, -0.2) is 34.2 Å². The maximum absolute atomic E-state index is 12.1. The van der Waals surface area contributed by atoms with Crippen LogP contribution in [-0.2, 0) is 0 Å². The first-order chi connectivity index (χ1) is 10.6. The van der Waals surface area contributed by atoms with E-state index in [1.165, 1.54) is 17.4 Å². The second kappa shape index (κ2) is 8.57. The number of hydrogen-bond donors (Lipinski definition) is 2. The minimum atomic E-state index is -0.303. The first-order valence-corrected chi connectivity index (χ1v) is 9.24. The van der Waals surface area contributed by atoms with Gasteiger partial charge in [-0.2, -0.15) is 11.8 Å². The molecule has 0 radical (unpaired) electrons. The number of rotatable bonds is 7. The Bertz CT molecular complexity index is 651. The fraction of sp³-hybridized carbons (Fsp3) is 0.308. The quantitative estimate of drug-likeness (QED) is 0.706. The van der Waals surface area contributed by atoms with E-state index in [2.05, 4.69) is 27.8 Å². The summed E-state index contributed by atoms with van der Waals surface area (Å²) in [6, 6.07) is 4.70. The van der Waals surface area contributed by atoms with E-state index in [0.717, 1.165) is 18.1 Å². The second-order valence-corrected chi connectivity index (χ2v) is 7.30. The maximum Gasteiger partial charge on any atom is 0.257 e. The Balaban J connectivity index is 1.91. The van der Waals surface area contributed by atoms with E-state index >= 15 is 0 Å². The third kappa shape index (κ3) is 5.01. The Morgan fingerprint density at radius 1 is 1.27 bits per heavy atom. The molecule has 0 saturated heterocycles. The molecule has 2 N–H and O–H groups in total. The molecular formula is C13H14Cl2N4OS2. The van der Waals surface area contributed by atoms with Crippen molar-refractivity contribution in [2.75, 3.05) is 28.7 Å². The molecule has 1 aromatic heterocycles. The van der Waals surface area contributed by atoms with Gasteiger partial charge in [0.1, 0.15) is 0 Å². The zero-order valence-corrected chi connectivity index (χ0v) is 14.9. The average Bonchev–Trinajstić information content (AvgIpc) is 2.94. The van der Waals surface area contributed by atoms with Crippen molar-refractivity contribution in [3.63, 3.8) is 0 Å². The Hall–Kier alpha value is -1.02. The lowest BCUT2D eigenvalue weighted by Crippen LogP contribution is -2.11. The van der Waals surface area contributed by atoms with Crippen LogP contribution in [0.5, 0.6) is 0 Å². The number of nitrogens with one attached hydrogen (secondary N) is 2. The van der Waals surface area contributed by atoms with Gasteiger partial charge in [0.25, 0.3) is 5.91 Å². The Morgan fingerprint density at radius 2 is 2.05 bits per heavy atom. The summed E-state index contributed by atoms with van der Waals surface area (Å²) < 4.78 is 0. The number of aromatic nitrogens is 2. The van der Waals surface area contributed by atoms with Crippen molar-refractivity contribution in [2.24, 2.45) is 0 Å². The van der Waals surface area contributed by atoms with Crippen molar-refractivity contribution in [1.29, 1.82) is 0 Å². The van der Waals surface area contributed by atoms with Crippen LogP contribution in [0, 0.1) is 0 Å². The molecule has 0 saturated carbocycles. The number of anilines is 2. The lowest BCUT2D eigenvalue weighted by molar-refractivity contribution is 0.102. The molecule has 0 bridgehead atoms. The molecule has 1 heterocycles. The normalized spacial score (nSPS) is 10.5. The van der Waals surface area contributed by atoms with Crippen molar-refractivity contribution in [3.8, 4) is 0 Å². The van der Waals surface area contributed by atoms with E-state index in [-0.39, 0.29) is 5.91 Å². The van der Waals surface area contributed by atoms with Gasteiger partial charge in [-0.25, -0.2) is 0 Å². The third-order valence-electron chi connectivity index (χ3n) is 2.55. The third-order valence-corrected chi connectivity index (χ3v) is 4.99. The molecule has 0 aliphatic rings. The van der Waals surface area contributed by atoms with E-state index in [0.29, 0.717) is 25.9 Å². The van der Waals surface area contributed by atoms with Gasteiger partial charge in [0.05, 0.1) is 10.0 Å². The molecule has 0 aliphatic heterocycles. The number of carbonyl (C=O) groups excluding carboxylic acids is 1. The second-order valence-electron chi connectivity index (χ2n) is 4.12. The number of halogens is 2. The van der Waals surface area contributed by atoms with Gasteiger partial charge in [-0.15, -0.1) is 10.2 Å². The summed E-state index contributed by atoms with van der Waals surface area (Å²) in [6.45, 7) is 2.93. The van der Waals surface area contributed by atoms with Gasteiger partial charge in [0.2, 0.25) is 10.3 Å². The number of hydrogen-bond acceptors (Lipinski definition) is 6. The summed E-state index contributed by atoms with van der Waals surface area (Å²) in [5, 5.41) is 15.6. The van der Waals surface area contributed by atoms with Gasteiger partial charge in [-0.05, 0) is 24.0 Å². The lowest BCUT2D eigenvalue weighted by atomic mass is 10.2. The van der Waals surface area contributed by atoms with E-state index in [1.807, 2.05) is 11.8 Å². The van der Waals surface area contributed by atoms with E-state index in [9.17, 15) is 4.79 Å². The molecule has 9 heteroatoms. The van der Waals surface area contributed by atoms with Gasteiger partial charge < -0.3 is 5.32 Å². The van der Waals surface area contributed by atoms with Crippen LogP contribution in [0.4, 0.5) is 10.3 Å². The van der Waals surface area contributed by atoms with E-state index in [4.69, 9.17) is 23.2 Å². The highest BCUT2D eigenvalue weighted by molar-refractivity contribution is 7.99. The molecule has 5 nitrogen and oxygen atoms in total. The highest BCUT2D eigenvalue weighted by atomic mass is 35.5. The minimum absolute atomic E-state index is 0.303. The molecular weight excluding hydrogens is 363 g/mol. The van der Waals surface area contributed by atoms with Crippen LogP contribution in [0.15, 0.2) is 18.2 Å². The summed E-state index contributed by atoms with van der Waals surface area (Å²) in [4.78, 5) is 12.1. The highest BCUT2D eigenvalue weighted by Gasteiger charge is 2.11. The van der Waals surface area contributed by atoms with E-state index in [1.54, 1.807) is 12.1 Å². The summed E-state index contributed by atoms with van der Waals surface area (Å²) in [5.74, 6) is 1.78. The fourth-order valence-corrected chi connectivity index (χ4v) is 3.02. The van der Waals surface area contributed by atoms with Crippen LogP contribution < -0.4 is 10.6 Å². The smallest absolute Gasteiger partial charge is 0.257 e. The largest absolute Gasteiger partial charge is 0.359 e. The van der Waals surface area contributed by atoms with Crippen molar-refractivity contribution >= 4 is 62.5 Å². The van der Waals surface area contributed by atoms with Crippen LogP contribution in [0.25, 0.3) is 0 Å². The fourth-order valence-electron chi connectivity index (χ4n) is 1.53. The van der Waals surface area contributed by atoms with Crippen LogP contribution in [0.3, 0.4) is 0 Å². The van der Waals surface area contributed by atoms with Gasteiger partial charge in [0.15, 0.2) is 0 Å². The topological polar surface area (TPSA) is 66.9 Å². The van der Waals surface area contributed by atoms with Crippen molar-refractivity contribution < 1.29 is 4.79 Å². The standard InChI is InChI=1S/C13H14Cl2N4OS2/c1-2-21-6-5-16-12-18-19-13(22-12)17-11(20)8-3-4-9(14)10(15)7-8/h3-4,7H,2,5-6H2,1H3,(H,16,18)(H,17,19,20). The summed E-state index contributed by atoms with van der Waals surface area (Å²) in [7, 11) is 0. The summed E-state index contributed by atoms with van der Waals surface area (Å²) in [5.41, 5.74) is 0.415. The molecule has 0 spiro atoms. The van der Waals surface area contributed by atoms with Gasteiger partial charge in [-0.1, -0.05) is 41.5 Å². The predicted molar refractivity (Wildman–Crippen MR) is 95.8 cm³/mol. The maximum atomic E-state index is 12.1. The highest BCUT2D eigenvalue weighted by Crippen LogP contribution is 2.24. The Labute approximate surface area is 146 Å². The number of benzene rings is 1. The van der Waals surface area contributed by atoms with Crippen molar-refractivity contribution in [2.45, 2.75) is 6.92 Å². The van der Waals surface area contributed by atoms with Crippen LogP contribution in [0.1, 0.15) is 17.3 Å². The molecule has 1 aromatic carbocycles. The predicted octanol–water partition coefficient (Wildman–Crippen LogP) is 4.26. The number of thioether (sulfide) groups is 1. The lowest BCUT2D eigenvalue weighted by Gasteiger charge is -2.02. The zero-order valence-electron chi connectivity index (χ0n) is 11.7. The Kier molecular flexibility index (Phi) is 6.75. The first-order valence-electron chi connectivity index (χ1n) is 6.51. The monoisotopic (exact) mass is 376 g/mol. The molecule has 0 fully saturated rings. The molecule has 118 valence electrons. The van der Waals surface area contributed by atoms with E-state index < -0.39 is 0 Å². The molecule has 0 aliphatic carbocycles. The molecule has 0 atom stereocenters. The number of amides is 1. The zero-order chi connectivity index (χ0) is 15.9. The van der Waals surface area contributed by atoms with Crippen molar-refractivity contribution in [3.05, 3.63) is 33.8 Å². The van der Waals surface area contributed by atoms with Crippen molar-refractivity contribution in [1.82, 2.24) is 10.2 Å². The molecule has 0 unspecified atom stereocenters. The van der Waals surface area contributed by atoms with Gasteiger partial charge in [-0.3, -0.25) is 10.1 Å². The number of nitrogens with zero attached hydrogens (tertiary/aromatic N) is 2. The summed E-state index contributed by atoms with van der Waals surface area (Å²) in [6.07, 6.45) is 0. The SMILES string of the molecule is CCSCCNc1nnc(NC(=O)c2ccc(Cl)c(Cl)c2)s1. The molecule has 2 aromatic rings. The molecule has 1 amide bonds. The minimum Gasteiger partial charge on any atom is -0.359 e. The van der Waals surface area contributed by atoms with Crippen LogP contribution >= 0.6 is 46.3 Å². The van der Waals surface area contributed by atoms with Crippen LogP contribution in [0.2, 0.25) is 10.0 Å².